The molecule has 0 amide bonds. The molecular formula is C54H74O5Si2. The summed E-state index contributed by atoms with van der Waals surface area (Å²) < 4.78 is 18.9. The number of ether oxygens (including phenoxy) is 2. The smallest absolute Gasteiger partial charge is 0.333 e. The van der Waals surface area contributed by atoms with Crippen LogP contribution in [-0.4, -0.2) is 41.8 Å². The average molecular weight is 859 g/mol. The molecule has 0 bridgehead atoms. The molecule has 0 aliphatic heterocycles. The van der Waals surface area contributed by atoms with E-state index in [0.29, 0.717) is 24.4 Å². The lowest BCUT2D eigenvalue weighted by atomic mass is 10.1. The van der Waals surface area contributed by atoms with Crippen LogP contribution in [0.5, 0.6) is 0 Å². The molecule has 4 aromatic rings. The molecule has 7 heteroatoms. The van der Waals surface area contributed by atoms with Crippen molar-refractivity contribution in [2.45, 2.75) is 142 Å². The molecule has 0 aromatic heterocycles. The number of unbranched alkanes of at least 4 members (excludes halogenated alkanes) is 16. The number of carbonyl (C=O) groups is 2. The van der Waals surface area contributed by atoms with Gasteiger partial charge in [0.1, 0.15) is 0 Å². The van der Waals surface area contributed by atoms with Crippen LogP contribution in [0.15, 0.2) is 146 Å². The quantitative estimate of drug-likeness (QED) is 0.0212. The molecule has 0 unspecified atom stereocenters. The molecule has 4 aromatic carbocycles. The molecule has 0 saturated heterocycles. The van der Waals surface area contributed by atoms with Crippen molar-refractivity contribution in [3.05, 3.63) is 146 Å². The maximum absolute atomic E-state index is 11.6. The van der Waals surface area contributed by atoms with E-state index in [-0.39, 0.29) is 11.9 Å². The molecule has 0 fully saturated rings. The van der Waals surface area contributed by atoms with Gasteiger partial charge in [0.2, 0.25) is 16.6 Å². The Balaban J connectivity index is 1.45. The summed E-state index contributed by atoms with van der Waals surface area (Å²) in [6.07, 6.45) is 20.9. The van der Waals surface area contributed by atoms with Gasteiger partial charge in [-0.15, -0.1) is 0 Å². The van der Waals surface area contributed by atoms with Crippen LogP contribution in [0.25, 0.3) is 0 Å². The summed E-state index contributed by atoms with van der Waals surface area (Å²) >= 11 is 0. The zero-order chi connectivity index (χ0) is 43.4. The molecule has 4 rings (SSSR count). The summed E-state index contributed by atoms with van der Waals surface area (Å²) in [6, 6.07) is 47.1. The van der Waals surface area contributed by atoms with Crippen LogP contribution in [0.4, 0.5) is 0 Å². The third-order valence-electron chi connectivity index (χ3n) is 11.8. The Labute approximate surface area is 371 Å². The van der Waals surface area contributed by atoms with Gasteiger partial charge in [-0.1, -0.05) is 237 Å². The van der Waals surface area contributed by atoms with Gasteiger partial charge in [-0.3, -0.25) is 0 Å². The highest BCUT2D eigenvalue weighted by Crippen LogP contribution is 2.28. The van der Waals surface area contributed by atoms with E-state index in [2.05, 4.69) is 134 Å². The fourth-order valence-corrected chi connectivity index (χ4v) is 19.7. The lowest BCUT2D eigenvalue weighted by molar-refractivity contribution is -0.139. The van der Waals surface area contributed by atoms with Gasteiger partial charge in [0, 0.05) is 11.1 Å². The van der Waals surface area contributed by atoms with E-state index in [9.17, 15) is 9.59 Å². The summed E-state index contributed by atoms with van der Waals surface area (Å²) in [6.45, 7) is 11.7. The third kappa shape index (κ3) is 16.8. The van der Waals surface area contributed by atoms with E-state index >= 15 is 0 Å². The monoisotopic (exact) mass is 859 g/mol. The van der Waals surface area contributed by atoms with Crippen LogP contribution in [0.3, 0.4) is 0 Å². The van der Waals surface area contributed by atoms with Crippen molar-refractivity contribution in [3.63, 3.8) is 0 Å². The van der Waals surface area contributed by atoms with Crippen LogP contribution in [-0.2, 0) is 23.2 Å². The van der Waals surface area contributed by atoms with Gasteiger partial charge in [0.15, 0.2) is 0 Å². The van der Waals surface area contributed by atoms with E-state index in [0.717, 1.165) is 50.6 Å². The van der Waals surface area contributed by atoms with Crippen LogP contribution in [0.1, 0.15) is 129 Å². The van der Waals surface area contributed by atoms with E-state index in [1.807, 2.05) is 0 Å². The molecule has 0 N–H and O–H groups in total. The molecule has 0 radical (unpaired) electrons. The third-order valence-corrected chi connectivity index (χ3v) is 21.8. The topological polar surface area (TPSA) is 61.8 Å². The number of hydrogen-bond acceptors (Lipinski definition) is 5. The lowest BCUT2D eigenvalue weighted by Gasteiger charge is -2.44. The Hall–Kier alpha value is -4.31. The fourth-order valence-electron chi connectivity index (χ4n) is 8.38. The zero-order valence-electron chi connectivity index (χ0n) is 37.6. The Morgan fingerprint density at radius 3 is 0.852 bits per heavy atom. The average Bonchev–Trinajstić information content (AvgIpc) is 3.29. The molecule has 0 atom stereocenters. The van der Waals surface area contributed by atoms with Crippen molar-refractivity contribution in [2.24, 2.45) is 0 Å². The number of esters is 2. The maximum atomic E-state index is 11.6. The van der Waals surface area contributed by atoms with Gasteiger partial charge < -0.3 is 13.6 Å². The zero-order valence-corrected chi connectivity index (χ0v) is 39.6. The molecule has 61 heavy (non-hydrogen) atoms. The summed E-state index contributed by atoms with van der Waals surface area (Å²) in [4.78, 5) is 23.3. The van der Waals surface area contributed by atoms with Crippen LogP contribution in [0.2, 0.25) is 12.1 Å². The maximum Gasteiger partial charge on any atom is 0.333 e. The second kappa shape index (κ2) is 28.3. The molecule has 328 valence electrons. The lowest BCUT2D eigenvalue weighted by Crippen LogP contribution is -2.72. The van der Waals surface area contributed by atoms with Crippen molar-refractivity contribution in [2.75, 3.05) is 13.2 Å². The SMILES string of the molecule is C=C(C)C(=O)OCCCCCCCCCCC[Si](O[Si](CCCCCCCCCCCOC(=O)C(=C)C)(c1ccccc1)c1ccccc1)(c1ccccc1)c1ccccc1. The summed E-state index contributed by atoms with van der Waals surface area (Å²) in [5, 5.41) is 5.47. The van der Waals surface area contributed by atoms with Crippen molar-refractivity contribution in [1.29, 1.82) is 0 Å². The first-order chi connectivity index (χ1) is 29.8. The Bertz CT molecular complexity index is 1620. The summed E-state index contributed by atoms with van der Waals surface area (Å²) in [5.41, 5.74) is 0.930. The minimum absolute atomic E-state index is 0.283. The second-order valence-corrected chi connectivity index (χ2v) is 24.4. The van der Waals surface area contributed by atoms with Gasteiger partial charge in [-0.25, -0.2) is 9.59 Å². The van der Waals surface area contributed by atoms with Crippen molar-refractivity contribution in [3.8, 4) is 0 Å². The molecule has 0 aliphatic carbocycles. The number of carbonyl (C=O) groups excluding carboxylic acids is 2. The molecule has 5 nitrogen and oxygen atoms in total. The van der Waals surface area contributed by atoms with Gasteiger partial charge >= 0.3 is 11.9 Å². The van der Waals surface area contributed by atoms with Crippen LogP contribution >= 0.6 is 0 Å². The Morgan fingerprint density at radius 1 is 0.377 bits per heavy atom. The molecular weight excluding hydrogens is 785 g/mol. The first-order valence-corrected chi connectivity index (χ1v) is 27.6. The highest BCUT2D eigenvalue weighted by Gasteiger charge is 2.49. The predicted molar refractivity (Wildman–Crippen MR) is 261 cm³/mol. The number of hydrogen-bond donors (Lipinski definition) is 0. The van der Waals surface area contributed by atoms with Crippen LogP contribution in [0, 0.1) is 0 Å². The van der Waals surface area contributed by atoms with E-state index in [4.69, 9.17) is 13.6 Å². The van der Waals surface area contributed by atoms with E-state index in [1.54, 1.807) is 13.8 Å². The fraction of sp³-hybridized carbons (Fsp3) is 0.444. The van der Waals surface area contributed by atoms with Crippen molar-refractivity contribution < 1.29 is 23.2 Å². The highest BCUT2D eigenvalue weighted by molar-refractivity contribution is 7.09. The summed E-state index contributed by atoms with van der Waals surface area (Å²) in [7, 11) is -5.56. The minimum Gasteiger partial charge on any atom is -0.462 e. The molecule has 0 spiro atoms. The second-order valence-electron chi connectivity index (χ2n) is 16.9. The van der Waals surface area contributed by atoms with E-state index in [1.165, 1.54) is 97.8 Å². The summed E-state index contributed by atoms with van der Waals surface area (Å²) in [5.74, 6) is -0.567. The van der Waals surface area contributed by atoms with Gasteiger partial charge in [0.25, 0.3) is 0 Å². The van der Waals surface area contributed by atoms with Crippen molar-refractivity contribution >= 4 is 49.3 Å². The minimum atomic E-state index is -2.78. The largest absolute Gasteiger partial charge is 0.462 e. The first-order valence-electron chi connectivity index (χ1n) is 23.4. The molecule has 0 aliphatic rings. The van der Waals surface area contributed by atoms with Gasteiger partial charge in [0.05, 0.1) is 13.2 Å². The Kier molecular flexibility index (Phi) is 22.9. The Morgan fingerprint density at radius 2 is 0.607 bits per heavy atom. The molecule has 0 saturated carbocycles. The molecule has 0 heterocycles. The standard InChI is InChI=1S/C54H74O5Si2/c1-47(2)53(55)57-43-31-15-11-7-5-9-13-17-33-45-60(49-35-23-19-24-36-49,50-37-25-20-26-38-50)59-61(51-39-27-21-28-40-51,52-41-29-22-30-42-52)46-34-18-14-10-6-8-12-16-32-44-58-54(56)48(3)4/h19-30,35-42H,1,3,5-18,31-34,43-46H2,2,4H3. The predicted octanol–water partition coefficient (Wildman–Crippen LogP) is 11.8. The van der Waals surface area contributed by atoms with Crippen molar-refractivity contribution in [1.82, 2.24) is 0 Å². The normalized spacial score (nSPS) is 11.6. The first kappa shape index (κ1) is 49.4. The highest BCUT2D eigenvalue weighted by atomic mass is 28.4. The number of rotatable bonds is 32. The number of benzene rings is 4. The van der Waals surface area contributed by atoms with Crippen LogP contribution < -0.4 is 20.7 Å². The van der Waals surface area contributed by atoms with Gasteiger partial charge in [-0.2, -0.15) is 0 Å². The van der Waals surface area contributed by atoms with Gasteiger partial charge in [-0.05, 0) is 59.5 Å². The van der Waals surface area contributed by atoms with E-state index < -0.39 is 16.6 Å².